The number of rotatable bonds is 3. The van der Waals surface area contributed by atoms with E-state index in [1.165, 1.54) is 17.8 Å². The van der Waals surface area contributed by atoms with Crippen molar-refractivity contribution in [2.24, 2.45) is 0 Å². The molecule has 2 heterocycles. The number of nitrogens with zero attached hydrogens (tertiary/aromatic N) is 1. The maximum Gasteiger partial charge on any atom is 0.244 e. The van der Waals surface area contributed by atoms with Gasteiger partial charge in [-0.25, -0.2) is 0 Å². The van der Waals surface area contributed by atoms with Gasteiger partial charge in [-0.2, -0.15) is 0 Å². The van der Waals surface area contributed by atoms with E-state index in [1.807, 2.05) is 24.3 Å². The first kappa shape index (κ1) is 16.4. The quantitative estimate of drug-likeness (QED) is 0.748. The molecule has 2 amide bonds. The maximum absolute atomic E-state index is 12.4. The number of benzene rings is 2. The van der Waals surface area contributed by atoms with E-state index in [0.29, 0.717) is 28.0 Å². The fourth-order valence-corrected chi connectivity index (χ4v) is 3.70. The molecule has 0 aliphatic carbocycles. The van der Waals surface area contributed by atoms with Crippen LogP contribution in [0.2, 0.25) is 0 Å². The lowest BCUT2D eigenvalue weighted by Gasteiger charge is -2.17. The van der Waals surface area contributed by atoms with Crippen molar-refractivity contribution in [2.45, 2.75) is 11.4 Å². The fraction of sp³-hybridized carbons (Fsp3) is 0.105. The number of para-hydroxylation sites is 1. The van der Waals surface area contributed by atoms with Crippen molar-refractivity contribution in [3.8, 4) is 0 Å². The summed E-state index contributed by atoms with van der Waals surface area (Å²) in [7, 11) is 0. The van der Waals surface area contributed by atoms with E-state index in [0.717, 1.165) is 4.90 Å². The predicted octanol–water partition coefficient (Wildman–Crippen LogP) is 2.68. The van der Waals surface area contributed by atoms with E-state index >= 15 is 0 Å². The molecule has 2 N–H and O–H groups in total. The molecule has 7 heteroatoms. The normalized spacial score (nSPS) is 13.2. The Balaban J connectivity index is 1.55. The van der Waals surface area contributed by atoms with Crippen molar-refractivity contribution in [1.29, 1.82) is 0 Å². The summed E-state index contributed by atoms with van der Waals surface area (Å²) in [5, 5.41) is 6.22. The molecule has 130 valence electrons. The Morgan fingerprint density at radius 2 is 2.00 bits per heavy atom. The number of thioether (sulfide) groups is 1. The van der Waals surface area contributed by atoms with E-state index < -0.39 is 0 Å². The number of hydrogen-bond acceptors (Lipinski definition) is 4. The van der Waals surface area contributed by atoms with E-state index in [4.69, 9.17) is 0 Å². The third kappa shape index (κ3) is 3.21. The van der Waals surface area contributed by atoms with Gasteiger partial charge in [0.2, 0.25) is 11.8 Å². The Morgan fingerprint density at radius 1 is 1.15 bits per heavy atom. The van der Waals surface area contributed by atoms with Crippen LogP contribution in [0.15, 0.2) is 64.4 Å². The SMILES string of the molecule is O=C(Cn1ccc(=O)c2ccccc21)Nc1ccc2c(c1)NC(=O)CS2. The molecule has 1 aliphatic heterocycles. The van der Waals surface area contributed by atoms with Gasteiger partial charge < -0.3 is 15.2 Å². The van der Waals surface area contributed by atoms with Crippen molar-refractivity contribution in [3.63, 3.8) is 0 Å². The summed E-state index contributed by atoms with van der Waals surface area (Å²) in [5.74, 6) is 0.136. The Labute approximate surface area is 153 Å². The number of carbonyl (C=O) groups is 2. The molecule has 6 nitrogen and oxygen atoms in total. The molecule has 0 saturated heterocycles. The third-order valence-electron chi connectivity index (χ3n) is 4.09. The highest BCUT2D eigenvalue weighted by atomic mass is 32.2. The predicted molar refractivity (Wildman–Crippen MR) is 103 cm³/mol. The number of amides is 2. The van der Waals surface area contributed by atoms with Crippen molar-refractivity contribution in [3.05, 3.63) is 65.0 Å². The summed E-state index contributed by atoms with van der Waals surface area (Å²) >= 11 is 1.47. The van der Waals surface area contributed by atoms with Crippen LogP contribution in [0.25, 0.3) is 10.9 Å². The van der Waals surface area contributed by atoms with Crippen LogP contribution in [0.1, 0.15) is 0 Å². The molecule has 26 heavy (non-hydrogen) atoms. The topological polar surface area (TPSA) is 80.2 Å². The van der Waals surface area contributed by atoms with Gasteiger partial charge in [-0.1, -0.05) is 12.1 Å². The monoisotopic (exact) mass is 365 g/mol. The van der Waals surface area contributed by atoms with Crippen molar-refractivity contribution in [2.75, 3.05) is 16.4 Å². The number of anilines is 2. The van der Waals surface area contributed by atoms with Crippen LogP contribution < -0.4 is 16.1 Å². The number of pyridine rings is 1. The Hall–Kier alpha value is -3.06. The lowest BCUT2D eigenvalue weighted by Crippen LogP contribution is -2.21. The molecule has 0 saturated carbocycles. The van der Waals surface area contributed by atoms with Gasteiger partial charge in [-0.05, 0) is 30.3 Å². The van der Waals surface area contributed by atoms with Crippen LogP contribution in [0.5, 0.6) is 0 Å². The number of nitrogens with one attached hydrogen (secondary N) is 2. The lowest BCUT2D eigenvalue weighted by molar-refractivity contribution is -0.116. The summed E-state index contributed by atoms with van der Waals surface area (Å²) in [4.78, 5) is 36.8. The minimum absolute atomic E-state index is 0.0503. The van der Waals surface area contributed by atoms with Crippen LogP contribution in [-0.2, 0) is 16.1 Å². The van der Waals surface area contributed by atoms with Crippen LogP contribution in [0, 0.1) is 0 Å². The number of hydrogen-bond donors (Lipinski definition) is 2. The average molecular weight is 365 g/mol. The first-order valence-corrected chi connectivity index (χ1v) is 9.03. The molecule has 1 aliphatic rings. The molecule has 4 rings (SSSR count). The summed E-state index contributed by atoms with van der Waals surface area (Å²) in [5.41, 5.74) is 1.96. The molecule has 1 aromatic heterocycles. The standard InChI is InChI=1S/C19H15N3O3S/c23-16-7-8-22(15-4-2-1-3-13(15)16)10-18(24)20-12-5-6-17-14(9-12)21-19(25)11-26-17/h1-9H,10-11H2,(H,20,24)(H,21,25). The molecule has 3 aromatic rings. The van der Waals surface area contributed by atoms with Crippen molar-refractivity contribution in [1.82, 2.24) is 4.57 Å². The van der Waals surface area contributed by atoms with Gasteiger partial charge in [0.25, 0.3) is 0 Å². The van der Waals surface area contributed by atoms with Crippen molar-refractivity contribution < 1.29 is 9.59 Å². The minimum Gasteiger partial charge on any atom is -0.338 e. The summed E-state index contributed by atoms with van der Waals surface area (Å²) in [6, 6.07) is 14.1. The highest BCUT2D eigenvalue weighted by Crippen LogP contribution is 2.33. The number of fused-ring (bicyclic) bond motifs is 2. The highest BCUT2D eigenvalue weighted by Gasteiger charge is 2.16. The van der Waals surface area contributed by atoms with E-state index in [9.17, 15) is 14.4 Å². The zero-order valence-electron chi connectivity index (χ0n) is 13.7. The minimum atomic E-state index is -0.214. The summed E-state index contributed by atoms with van der Waals surface area (Å²) in [6.07, 6.45) is 1.62. The van der Waals surface area contributed by atoms with E-state index in [1.54, 1.807) is 29.0 Å². The first-order chi connectivity index (χ1) is 12.6. The van der Waals surface area contributed by atoms with Gasteiger partial charge in [0.15, 0.2) is 5.43 Å². The van der Waals surface area contributed by atoms with E-state index in [2.05, 4.69) is 10.6 Å². The molecular formula is C19H15N3O3S. The summed E-state index contributed by atoms with van der Waals surface area (Å²) in [6.45, 7) is 0.0823. The number of carbonyl (C=O) groups excluding carboxylic acids is 2. The van der Waals surface area contributed by atoms with Gasteiger partial charge in [0, 0.05) is 28.2 Å². The third-order valence-corrected chi connectivity index (χ3v) is 5.17. The second-order valence-electron chi connectivity index (χ2n) is 5.92. The van der Waals surface area contributed by atoms with Crippen LogP contribution in [0.4, 0.5) is 11.4 Å². The van der Waals surface area contributed by atoms with Gasteiger partial charge >= 0.3 is 0 Å². The molecule has 0 atom stereocenters. The average Bonchev–Trinajstić information content (AvgIpc) is 2.64. The van der Waals surface area contributed by atoms with Gasteiger partial charge in [0.05, 0.1) is 17.0 Å². The second-order valence-corrected chi connectivity index (χ2v) is 6.94. The molecule has 0 fully saturated rings. The molecule has 0 radical (unpaired) electrons. The second kappa shape index (κ2) is 6.68. The lowest BCUT2D eigenvalue weighted by atomic mass is 10.2. The zero-order valence-corrected chi connectivity index (χ0v) is 14.5. The fourth-order valence-electron chi connectivity index (χ4n) is 2.91. The van der Waals surface area contributed by atoms with Gasteiger partial charge in [-0.15, -0.1) is 11.8 Å². The molecule has 0 unspecified atom stereocenters. The molecule has 0 spiro atoms. The summed E-state index contributed by atoms with van der Waals surface area (Å²) < 4.78 is 1.74. The van der Waals surface area contributed by atoms with Gasteiger partial charge in [-0.3, -0.25) is 14.4 Å². The molecule has 0 bridgehead atoms. The molecular weight excluding hydrogens is 350 g/mol. The smallest absolute Gasteiger partial charge is 0.244 e. The Kier molecular flexibility index (Phi) is 4.22. The maximum atomic E-state index is 12.4. The Bertz CT molecular complexity index is 1090. The van der Waals surface area contributed by atoms with E-state index in [-0.39, 0.29) is 23.8 Å². The van der Waals surface area contributed by atoms with Crippen molar-refractivity contribution >= 4 is 45.9 Å². The van der Waals surface area contributed by atoms with Crippen LogP contribution in [-0.4, -0.2) is 22.1 Å². The Morgan fingerprint density at radius 3 is 2.88 bits per heavy atom. The highest BCUT2D eigenvalue weighted by molar-refractivity contribution is 8.00. The van der Waals surface area contributed by atoms with Crippen LogP contribution >= 0.6 is 11.8 Å². The number of aromatic nitrogens is 1. The molecule has 2 aromatic carbocycles. The zero-order chi connectivity index (χ0) is 18.1. The van der Waals surface area contributed by atoms with Crippen LogP contribution in [0.3, 0.4) is 0 Å². The van der Waals surface area contributed by atoms with Gasteiger partial charge in [0.1, 0.15) is 6.54 Å². The largest absolute Gasteiger partial charge is 0.338 e. The first-order valence-electron chi connectivity index (χ1n) is 8.05.